The Hall–Kier alpha value is 5.19. The van der Waals surface area contributed by atoms with E-state index in [9.17, 15) is 0 Å². The minimum absolute atomic E-state index is 0. The molecule has 0 aromatic rings. The van der Waals surface area contributed by atoms with E-state index < -0.39 is 0 Å². The molecule has 0 aliphatic rings. The van der Waals surface area contributed by atoms with E-state index in [2.05, 4.69) is 0 Å². The quantitative estimate of drug-likeness (QED) is 0.266. The van der Waals surface area contributed by atoms with Crippen molar-refractivity contribution in [1.29, 1.82) is 0 Å². The molecule has 7 heteroatoms. The molecule has 0 unspecified atom stereocenters. The van der Waals surface area contributed by atoms with Crippen molar-refractivity contribution in [3.63, 3.8) is 0 Å². The number of rotatable bonds is 0. The maximum atomic E-state index is 0. The summed E-state index contributed by atoms with van der Waals surface area (Å²) in [6.07, 6.45) is 0. The standard InChI is InChI=1S/Ag.Sn.Ta.Ti.Tl.V.W.2H. The van der Waals surface area contributed by atoms with E-state index in [1.54, 1.807) is 0 Å². The van der Waals surface area contributed by atoms with Gasteiger partial charge in [-0.3, -0.25) is 0 Å². The van der Waals surface area contributed by atoms with Gasteiger partial charge in [-0.2, -0.15) is 0 Å². The van der Waals surface area contributed by atoms with Gasteiger partial charge in [-0.25, -0.2) is 0 Å². The summed E-state index contributed by atoms with van der Waals surface area (Å²) in [4.78, 5) is 0. The average Bonchev–Trinajstić information content (AvgIpc) is 0. The molecule has 0 amide bonds. The zero-order valence-electron chi connectivity index (χ0n) is 3.39. The van der Waals surface area contributed by atoms with Crippen LogP contribution < -0.4 is 0 Å². The van der Waals surface area contributed by atoms with Crippen LogP contribution in [0.15, 0.2) is 0 Å². The van der Waals surface area contributed by atoms with Gasteiger partial charge in [0.25, 0.3) is 0 Å². The molecule has 0 bridgehead atoms. The number of hydrogen-bond donors (Lipinski definition) is 0. The molecular weight excluding hydrogens is 895 g/mol. The summed E-state index contributed by atoms with van der Waals surface area (Å²) in [5, 5.41) is 0. The second kappa shape index (κ2) is 43.1. The van der Waals surface area contributed by atoms with Crippen molar-refractivity contribution in [1.82, 2.24) is 0 Å². The average molecular weight is 897 g/mol. The molecule has 0 fully saturated rings. The molecule has 0 aromatic heterocycles. The van der Waals surface area contributed by atoms with E-state index in [-0.39, 0.29) is 157 Å². The van der Waals surface area contributed by atoms with E-state index in [0.29, 0.717) is 0 Å². The molecule has 0 heterocycles. The summed E-state index contributed by atoms with van der Waals surface area (Å²) in [7, 11) is 0. The largest absolute Gasteiger partial charge is 0 e. The van der Waals surface area contributed by atoms with Gasteiger partial charge in [0.1, 0.15) is 0 Å². The Morgan fingerprint density at radius 1 is 1.00 bits per heavy atom. The van der Waals surface area contributed by atoms with Crippen LogP contribution in [0, 0.1) is 0 Å². The fourth-order valence-electron chi connectivity index (χ4n) is 0. The molecule has 0 aliphatic heterocycles. The van der Waals surface area contributed by atoms with Crippen LogP contribution in [0.25, 0.3) is 0 Å². The molecule has 0 aliphatic carbocycles. The molecule has 0 N–H and O–H groups in total. The van der Waals surface area contributed by atoms with E-state index in [0.717, 1.165) is 0 Å². The minimum atomic E-state index is 0. The first-order chi connectivity index (χ1) is 0. The Morgan fingerprint density at radius 2 is 1.00 bits per heavy atom. The van der Waals surface area contributed by atoms with Gasteiger partial charge in [-0.15, -0.1) is 0 Å². The molecule has 0 atom stereocenters. The van der Waals surface area contributed by atoms with E-state index >= 15 is 0 Å². The summed E-state index contributed by atoms with van der Waals surface area (Å²) < 4.78 is 0. The summed E-state index contributed by atoms with van der Waals surface area (Å²) in [6, 6.07) is 0. The third kappa shape index (κ3) is 35.1. The molecule has 0 saturated carbocycles. The SMILES string of the molecule is [Ag].[SnH2].[Ta].[Ti].[Tl].[V].[W]. The van der Waals surface area contributed by atoms with Gasteiger partial charge in [0, 0.05) is 133 Å². The molecule has 7 heavy (non-hydrogen) atoms. The monoisotopic (exact) mass is 898 g/mol. The van der Waals surface area contributed by atoms with Crippen LogP contribution in [0.1, 0.15) is 0 Å². The summed E-state index contributed by atoms with van der Waals surface area (Å²) in [6.45, 7) is 0. The topological polar surface area (TPSA) is 0 Å². The van der Waals surface area contributed by atoms with Gasteiger partial charge in [-0.05, 0) is 0 Å². The molecule has 0 nitrogen and oxygen atoms in total. The summed E-state index contributed by atoms with van der Waals surface area (Å²) >= 11 is 0. The zero-order chi connectivity index (χ0) is 0. The summed E-state index contributed by atoms with van der Waals surface area (Å²) in [5.41, 5.74) is 0. The van der Waals surface area contributed by atoms with E-state index in [1.165, 1.54) is 0 Å². The van der Waals surface area contributed by atoms with Crippen LogP contribution in [0.4, 0.5) is 0 Å². The normalized spacial score (nSPS) is 0. The van der Waals surface area contributed by atoms with Crippen LogP contribution in [0.5, 0.6) is 0 Å². The van der Waals surface area contributed by atoms with Crippen molar-refractivity contribution in [3.05, 3.63) is 0 Å². The second-order valence-electron chi connectivity index (χ2n) is 0. The van der Waals surface area contributed by atoms with Crippen LogP contribution in [0.3, 0.4) is 0 Å². The van der Waals surface area contributed by atoms with Crippen LogP contribution >= 0.6 is 0 Å². The number of hydrogen-bond acceptors (Lipinski definition) is 0. The van der Waals surface area contributed by atoms with Crippen molar-refractivity contribution >= 4 is 51.2 Å². The predicted molar refractivity (Wildman–Crippen MR) is 14.3 cm³/mol. The Morgan fingerprint density at radius 3 is 1.00 bits per heavy atom. The van der Waals surface area contributed by atoms with Crippen molar-refractivity contribution in [2.45, 2.75) is 0 Å². The minimum Gasteiger partial charge on any atom is 0 e. The Balaban J connectivity index is 0. The fraction of sp³-hybridized carbons (Fsp3) is 0. The maximum absolute atomic E-state index is 0. The van der Waals surface area contributed by atoms with Crippen molar-refractivity contribution in [3.8, 4) is 0 Å². The van der Waals surface area contributed by atoms with Gasteiger partial charge in [0.2, 0.25) is 0 Å². The van der Waals surface area contributed by atoms with Gasteiger partial charge >= 0.3 is 23.9 Å². The molecule has 0 saturated heterocycles. The fourth-order valence-corrected chi connectivity index (χ4v) is 0. The van der Waals surface area contributed by atoms with Crippen LogP contribution in [0.2, 0.25) is 0 Å². The first kappa shape index (κ1) is 56.7. The van der Waals surface area contributed by atoms with Gasteiger partial charge in [0.15, 0.2) is 0 Å². The van der Waals surface area contributed by atoms with Gasteiger partial charge in [-0.1, -0.05) is 0 Å². The van der Waals surface area contributed by atoms with Crippen molar-refractivity contribution < 1.29 is 106 Å². The van der Waals surface area contributed by atoms with Crippen molar-refractivity contribution in [2.24, 2.45) is 0 Å². The van der Waals surface area contributed by atoms with Crippen LogP contribution in [-0.4, -0.2) is 51.2 Å². The van der Waals surface area contributed by atoms with Gasteiger partial charge < -0.3 is 0 Å². The van der Waals surface area contributed by atoms with Gasteiger partial charge in [0.05, 0.1) is 0 Å². The van der Waals surface area contributed by atoms with Crippen LogP contribution in [-0.2, 0) is 106 Å². The Labute approximate surface area is 153 Å². The first-order valence-corrected chi connectivity index (χ1v) is 0. The van der Waals surface area contributed by atoms with E-state index in [1.807, 2.05) is 0 Å². The third-order valence-corrected chi connectivity index (χ3v) is 0. The molecule has 0 aromatic carbocycles. The van der Waals surface area contributed by atoms with Crippen molar-refractivity contribution in [2.75, 3.05) is 0 Å². The molecule has 0 rings (SSSR count). The maximum Gasteiger partial charge on any atom is 0 e. The Bertz CT molecular complexity index is 19.7. The van der Waals surface area contributed by atoms with E-state index in [4.69, 9.17) is 0 Å². The zero-order valence-corrected chi connectivity index (χ0v) is 22.5. The smallest absolute Gasteiger partial charge is 0 e. The molecule has 6 radical (unpaired) electrons. The first-order valence-electron chi connectivity index (χ1n) is 0. The predicted octanol–water partition coefficient (Wildman–Crippen LogP) is -1.31. The summed E-state index contributed by atoms with van der Waals surface area (Å²) in [5.74, 6) is 0. The molecule has 0 spiro atoms. The molecule has 40 valence electrons. The third-order valence-electron chi connectivity index (χ3n) is 0. The second-order valence-corrected chi connectivity index (χ2v) is 0. The Kier molecular flexibility index (Phi) is 349. The molecular formula is H2AgSnTaTiTlVW.